The Morgan fingerprint density at radius 2 is 2.29 bits per heavy atom. The average Bonchev–Trinajstić information content (AvgIpc) is 3.11. The molecule has 116 valence electrons. The molecule has 1 fully saturated rings. The summed E-state index contributed by atoms with van der Waals surface area (Å²) in [4.78, 5) is 24.8. The Morgan fingerprint density at radius 1 is 1.57 bits per heavy atom. The Bertz CT molecular complexity index is 540. The summed E-state index contributed by atoms with van der Waals surface area (Å²) in [5, 5.41) is 10.9. The first-order valence-corrected chi connectivity index (χ1v) is 7.31. The molecule has 0 aromatic carbocycles. The van der Waals surface area contributed by atoms with Crippen LogP contribution < -0.4 is 5.73 Å². The lowest BCUT2D eigenvalue weighted by molar-refractivity contribution is -0.384. The second-order valence-electron chi connectivity index (χ2n) is 5.54. The predicted molar refractivity (Wildman–Crippen MR) is 79.0 cm³/mol. The van der Waals surface area contributed by atoms with Crippen LogP contribution in [0.1, 0.15) is 36.7 Å². The molecule has 1 amide bonds. The number of nitro groups is 1. The molecule has 1 aliphatic carbocycles. The van der Waals surface area contributed by atoms with Crippen molar-refractivity contribution in [1.29, 1.82) is 0 Å². The molecule has 1 saturated carbocycles. The van der Waals surface area contributed by atoms with Gasteiger partial charge in [-0.1, -0.05) is 6.42 Å². The lowest BCUT2D eigenvalue weighted by Crippen LogP contribution is -2.42. The van der Waals surface area contributed by atoms with E-state index in [4.69, 9.17) is 5.73 Å². The van der Waals surface area contributed by atoms with Gasteiger partial charge in [-0.05, 0) is 32.2 Å². The first kappa shape index (κ1) is 15.5. The zero-order valence-electron chi connectivity index (χ0n) is 12.5. The molecule has 2 unspecified atom stereocenters. The van der Waals surface area contributed by atoms with Crippen LogP contribution in [-0.4, -0.2) is 39.9 Å². The van der Waals surface area contributed by atoms with Gasteiger partial charge in [0.15, 0.2) is 0 Å². The number of amides is 1. The number of aromatic nitrogens is 1. The molecule has 1 aliphatic rings. The lowest BCUT2D eigenvalue weighted by atomic mass is 10.0. The molecule has 0 saturated heterocycles. The molecule has 2 rings (SSSR count). The second kappa shape index (κ2) is 6.26. The van der Waals surface area contributed by atoms with Crippen molar-refractivity contribution in [3.8, 4) is 0 Å². The zero-order valence-corrected chi connectivity index (χ0v) is 12.5. The number of hydrogen-bond donors (Lipinski definition) is 1. The van der Waals surface area contributed by atoms with E-state index < -0.39 is 4.92 Å². The molecule has 1 aromatic heterocycles. The van der Waals surface area contributed by atoms with E-state index in [9.17, 15) is 14.9 Å². The molecule has 0 spiro atoms. The highest BCUT2D eigenvalue weighted by atomic mass is 16.6. The van der Waals surface area contributed by atoms with Crippen LogP contribution in [0.2, 0.25) is 0 Å². The quantitative estimate of drug-likeness (QED) is 0.659. The number of rotatable bonds is 5. The van der Waals surface area contributed by atoms with Gasteiger partial charge >= 0.3 is 0 Å². The van der Waals surface area contributed by atoms with Gasteiger partial charge in [0.25, 0.3) is 11.6 Å². The third-order valence-corrected chi connectivity index (χ3v) is 4.39. The van der Waals surface area contributed by atoms with E-state index in [0.29, 0.717) is 24.7 Å². The fourth-order valence-electron chi connectivity index (χ4n) is 3.17. The van der Waals surface area contributed by atoms with Crippen molar-refractivity contribution in [2.45, 2.75) is 38.8 Å². The minimum atomic E-state index is -0.471. The van der Waals surface area contributed by atoms with E-state index in [1.54, 1.807) is 16.5 Å². The molecule has 7 nitrogen and oxygen atoms in total. The summed E-state index contributed by atoms with van der Waals surface area (Å²) in [7, 11) is 1.76. The number of nitrogens with two attached hydrogens (primary N) is 1. The number of aryl methyl sites for hydroxylation is 1. The van der Waals surface area contributed by atoms with Crippen molar-refractivity contribution in [1.82, 2.24) is 9.47 Å². The standard InChI is InChI=1S/C14H22N4O3/c1-3-17-9-11(18(20)21)7-13(17)14(19)16(2)12-6-4-5-10(12)8-15/h7,9-10,12H,3-6,8,15H2,1-2H3. The molecule has 0 bridgehead atoms. The number of hydrogen-bond acceptors (Lipinski definition) is 4. The molecule has 21 heavy (non-hydrogen) atoms. The van der Waals surface area contributed by atoms with Crippen LogP contribution in [0.4, 0.5) is 5.69 Å². The summed E-state index contributed by atoms with van der Waals surface area (Å²) in [5.74, 6) is 0.147. The first-order chi connectivity index (χ1) is 9.99. The highest BCUT2D eigenvalue weighted by molar-refractivity contribution is 5.93. The van der Waals surface area contributed by atoms with E-state index in [1.165, 1.54) is 12.3 Å². The van der Waals surface area contributed by atoms with Gasteiger partial charge in [0.1, 0.15) is 5.69 Å². The van der Waals surface area contributed by atoms with E-state index in [-0.39, 0.29) is 17.6 Å². The van der Waals surface area contributed by atoms with Gasteiger partial charge in [0, 0.05) is 25.7 Å². The van der Waals surface area contributed by atoms with Crippen LogP contribution in [0.25, 0.3) is 0 Å². The van der Waals surface area contributed by atoms with E-state index in [1.807, 2.05) is 6.92 Å². The van der Waals surface area contributed by atoms with E-state index in [2.05, 4.69) is 0 Å². The fourth-order valence-corrected chi connectivity index (χ4v) is 3.17. The van der Waals surface area contributed by atoms with Gasteiger partial charge < -0.3 is 15.2 Å². The maximum absolute atomic E-state index is 12.7. The van der Waals surface area contributed by atoms with Crippen molar-refractivity contribution >= 4 is 11.6 Å². The Balaban J connectivity index is 2.24. The monoisotopic (exact) mass is 294 g/mol. The van der Waals surface area contributed by atoms with Crippen molar-refractivity contribution in [3.63, 3.8) is 0 Å². The van der Waals surface area contributed by atoms with Crippen molar-refractivity contribution in [2.75, 3.05) is 13.6 Å². The third kappa shape index (κ3) is 2.92. The molecule has 7 heteroatoms. The third-order valence-electron chi connectivity index (χ3n) is 4.39. The minimum Gasteiger partial charge on any atom is -0.337 e. The summed E-state index contributed by atoms with van der Waals surface area (Å²) in [6, 6.07) is 1.48. The first-order valence-electron chi connectivity index (χ1n) is 7.31. The van der Waals surface area contributed by atoms with Gasteiger partial charge in [0.05, 0.1) is 11.1 Å². The maximum atomic E-state index is 12.7. The van der Waals surface area contributed by atoms with Crippen LogP contribution in [-0.2, 0) is 6.54 Å². The topological polar surface area (TPSA) is 94.4 Å². The lowest BCUT2D eigenvalue weighted by Gasteiger charge is -2.29. The Hall–Kier alpha value is -1.89. The molecular weight excluding hydrogens is 272 g/mol. The molecule has 0 aliphatic heterocycles. The summed E-state index contributed by atoms with van der Waals surface area (Å²) in [6.07, 6.45) is 4.46. The molecule has 2 N–H and O–H groups in total. The smallest absolute Gasteiger partial charge is 0.287 e. The predicted octanol–water partition coefficient (Wildman–Crippen LogP) is 1.62. The Labute approximate surface area is 123 Å². The summed E-state index contributed by atoms with van der Waals surface area (Å²) in [6.45, 7) is 2.95. The van der Waals surface area contributed by atoms with E-state index >= 15 is 0 Å². The number of carbonyl (C=O) groups is 1. The van der Waals surface area contributed by atoms with Crippen LogP contribution in [0.3, 0.4) is 0 Å². The Morgan fingerprint density at radius 3 is 2.86 bits per heavy atom. The number of carbonyl (C=O) groups excluding carboxylic acids is 1. The maximum Gasteiger partial charge on any atom is 0.287 e. The minimum absolute atomic E-state index is 0.0459. The van der Waals surface area contributed by atoms with Crippen molar-refractivity contribution < 1.29 is 9.72 Å². The summed E-state index contributed by atoms with van der Waals surface area (Å²) >= 11 is 0. The van der Waals surface area contributed by atoms with Gasteiger partial charge in [-0.3, -0.25) is 14.9 Å². The van der Waals surface area contributed by atoms with Crippen molar-refractivity contribution in [2.24, 2.45) is 11.7 Å². The van der Waals surface area contributed by atoms with Crippen molar-refractivity contribution in [3.05, 3.63) is 28.1 Å². The van der Waals surface area contributed by atoms with Gasteiger partial charge in [-0.15, -0.1) is 0 Å². The molecule has 1 heterocycles. The molecule has 1 aromatic rings. The fraction of sp³-hybridized carbons (Fsp3) is 0.643. The van der Waals surface area contributed by atoms with Crippen LogP contribution in [0.15, 0.2) is 12.3 Å². The van der Waals surface area contributed by atoms with Crippen LogP contribution in [0, 0.1) is 16.0 Å². The van der Waals surface area contributed by atoms with E-state index in [0.717, 1.165) is 19.3 Å². The normalized spacial score (nSPS) is 21.5. The summed E-state index contributed by atoms with van der Waals surface area (Å²) < 4.78 is 1.63. The van der Waals surface area contributed by atoms with Gasteiger partial charge in [-0.2, -0.15) is 0 Å². The SMILES string of the molecule is CCn1cc([N+](=O)[O-])cc1C(=O)N(C)C1CCCC1CN. The molecular formula is C14H22N4O3. The Kier molecular flexibility index (Phi) is 4.62. The van der Waals surface area contributed by atoms with Gasteiger partial charge in [-0.25, -0.2) is 0 Å². The average molecular weight is 294 g/mol. The largest absolute Gasteiger partial charge is 0.337 e. The molecule has 2 atom stereocenters. The highest BCUT2D eigenvalue weighted by Gasteiger charge is 2.33. The zero-order chi connectivity index (χ0) is 15.6. The van der Waals surface area contributed by atoms with Gasteiger partial charge in [0.2, 0.25) is 0 Å². The molecule has 0 radical (unpaired) electrons. The van der Waals surface area contributed by atoms with Crippen LogP contribution in [0.5, 0.6) is 0 Å². The van der Waals surface area contributed by atoms with Crippen LogP contribution >= 0.6 is 0 Å². The number of nitrogens with zero attached hydrogens (tertiary/aromatic N) is 3. The second-order valence-corrected chi connectivity index (χ2v) is 5.54. The highest BCUT2D eigenvalue weighted by Crippen LogP contribution is 2.30. The summed E-state index contributed by atoms with van der Waals surface area (Å²) in [5.41, 5.74) is 6.09.